The maximum absolute atomic E-state index is 6.31. The zero-order chi connectivity index (χ0) is 14.2. The van der Waals surface area contributed by atoms with Gasteiger partial charge in [-0.15, -0.1) is 0 Å². The average Bonchev–Trinajstić information content (AvgIpc) is 2.34. The van der Waals surface area contributed by atoms with Gasteiger partial charge >= 0.3 is 0 Å². The largest absolute Gasteiger partial charge is 0.496 e. The second-order valence-electron chi connectivity index (χ2n) is 4.43. The van der Waals surface area contributed by atoms with E-state index in [1.165, 1.54) is 0 Å². The number of nitrogen functional groups attached to an aromatic ring is 1. The Labute approximate surface area is 117 Å². The lowest BCUT2D eigenvalue weighted by atomic mass is 10.0. The molecule has 0 fully saturated rings. The van der Waals surface area contributed by atoms with Gasteiger partial charge in [0, 0.05) is 16.7 Å². The molecule has 1 heterocycles. The van der Waals surface area contributed by atoms with E-state index in [4.69, 9.17) is 22.1 Å². The van der Waals surface area contributed by atoms with E-state index in [0.29, 0.717) is 16.7 Å². The molecule has 0 aliphatic carbocycles. The number of nitrogens with zero attached hydrogens (tertiary/aromatic N) is 2. The van der Waals surface area contributed by atoms with Crippen molar-refractivity contribution in [3.63, 3.8) is 0 Å². The van der Waals surface area contributed by atoms with Crippen molar-refractivity contribution in [2.24, 2.45) is 0 Å². The van der Waals surface area contributed by atoms with Crippen LogP contribution in [0.15, 0.2) is 12.1 Å². The lowest BCUT2D eigenvalue weighted by molar-refractivity contribution is 0.415. The Morgan fingerprint density at radius 2 is 1.84 bits per heavy atom. The van der Waals surface area contributed by atoms with Crippen LogP contribution < -0.4 is 10.5 Å². The van der Waals surface area contributed by atoms with Gasteiger partial charge in [0.05, 0.1) is 12.8 Å². The van der Waals surface area contributed by atoms with Gasteiger partial charge in [-0.05, 0) is 38.0 Å². The first kappa shape index (κ1) is 13.6. The predicted molar refractivity (Wildman–Crippen MR) is 77.7 cm³/mol. The summed E-state index contributed by atoms with van der Waals surface area (Å²) >= 11 is 6.31. The minimum atomic E-state index is 0.431. The highest BCUT2D eigenvalue weighted by Crippen LogP contribution is 2.38. The zero-order valence-corrected chi connectivity index (χ0v) is 12.2. The summed E-state index contributed by atoms with van der Waals surface area (Å²) < 4.78 is 5.44. The number of anilines is 1. The van der Waals surface area contributed by atoms with Crippen molar-refractivity contribution >= 4 is 17.4 Å². The third kappa shape index (κ3) is 2.49. The van der Waals surface area contributed by atoms with Gasteiger partial charge in [-0.2, -0.15) is 0 Å². The van der Waals surface area contributed by atoms with Crippen molar-refractivity contribution in [3.05, 3.63) is 34.1 Å². The van der Waals surface area contributed by atoms with Crippen LogP contribution in [-0.2, 0) is 0 Å². The van der Waals surface area contributed by atoms with E-state index in [0.717, 1.165) is 28.1 Å². The molecule has 2 aromatic rings. The molecule has 0 aliphatic heterocycles. The molecule has 2 rings (SSSR count). The van der Waals surface area contributed by atoms with Crippen molar-refractivity contribution in [3.8, 4) is 17.0 Å². The number of hydrogen-bond donors (Lipinski definition) is 1. The van der Waals surface area contributed by atoms with Gasteiger partial charge in [-0.1, -0.05) is 11.6 Å². The van der Waals surface area contributed by atoms with Gasteiger partial charge < -0.3 is 10.5 Å². The second-order valence-corrected chi connectivity index (χ2v) is 4.81. The van der Waals surface area contributed by atoms with E-state index in [9.17, 15) is 0 Å². The molecule has 5 heteroatoms. The number of rotatable bonds is 2. The van der Waals surface area contributed by atoms with Crippen LogP contribution in [0.4, 0.5) is 5.82 Å². The maximum atomic E-state index is 6.31. The van der Waals surface area contributed by atoms with Crippen molar-refractivity contribution < 1.29 is 4.74 Å². The molecule has 0 unspecified atom stereocenters. The molecule has 0 amide bonds. The van der Waals surface area contributed by atoms with Crippen LogP contribution in [0.5, 0.6) is 5.75 Å². The number of halogens is 1. The number of aryl methyl sites for hydroxylation is 2. The Morgan fingerprint density at radius 3 is 2.42 bits per heavy atom. The first-order valence-corrected chi connectivity index (χ1v) is 6.27. The van der Waals surface area contributed by atoms with Gasteiger partial charge in [0.1, 0.15) is 17.4 Å². The van der Waals surface area contributed by atoms with Crippen LogP contribution in [-0.4, -0.2) is 17.1 Å². The number of hydrogen-bond acceptors (Lipinski definition) is 4. The minimum absolute atomic E-state index is 0.431. The Balaban J connectivity index is 2.77. The number of methoxy groups -OCH3 is 1. The molecule has 0 bridgehead atoms. The highest BCUT2D eigenvalue weighted by Gasteiger charge is 2.16. The van der Waals surface area contributed by atoms with Crippen molar-refractivity contribution in [1.82, 2.24) is 9.97 Å². The van der Waals surface area contributed by atoms with Crippen LogP contribution in [0.2, 0.25) is 5.02 Å². The van der Waals surface area contributed by atoms with Gasteiger partial charge in [-0.3, -0.25) is 0 Å². The summed E-state index contributed by atoms with van der Waals surface area (Å²) in [5.74, 6) is 1.78. The number of benzene rings is 1. The molecule has 1 aromatic carbocycles. The van der Waals surface area contributed by atoms with E-state index in [-0.39, 0.29) is 0 Å². The lowest BCUT2D eigenvalue weighted by Crippen LogP contribution is -2.00. The summed E-state index contributed by atoms with van der Waals surface area (Å²) in [7, 11) is 1.63. The summed E-state index contributed by atoms with van der Waals surface area (Å²) in [6.07, 6.45) is 0. The summed E-state index contributed by atoms with van der Waals surface area (Å²) in [6, 6.07) is 3.63. The summed E-state index contributed by atoms with van der Waals surface area (Å²) in [6.45, 7) is 5.69. The first-order chi connectivity index (χ1) is 8.93. The van der Waals surface area contributed by atoms with Crippen molar-refractivity contribution in [2.45, 2.75) is 20.8 Å². The van der Waals surface area contributed by atoms with Crippen LogP contribution in [0.1, 0.15) is 17.0 Å². The molecule has 1 aromatic heterocycles. The SMILES string of the molecule is COc1cc(C)c(Cl)c(C)c1-c1cc(N)nc(C)n1. The van der Waals surface area contributed by atoms with E-state index in [1.807, 2.05) is 19.9 Å². The summed E-state index contributed by atoms with van der Waals surface area (Å²) in [5, 5.41) is 0.714. The van der Waals surface area contributed by atoms with E-state index in [2.05, 4.69) is 9.97 Å². The highest BCUT2D eigenvalue weighted by atomic mass is 35.5. The molecular weight excluding hydrogens is 262 g/mol. The van der Waals surface area contributed by atoms with Crippen LogP contribution in [0.25, 0.3) is 11.3 Å². The lowest BCUT2D eigenvalue weighted by Gasteiger charge is -2.15. The molecular formula is C14H16ClN3O. The predicted octanol–water partition coefficient (Wildman–Crippen LogP) is 3.31. The fraction of sp³-hybridized carbons (Fsp3) is 0.286. The van der Waals surface area contributed by atoms with Crippen molar-refractivity contribution in [1.29, 1.82) is 0 Å². The Bertz CT molecular complexity index is 621. The topological polar surface area (TPSA) is 61.0 Å². The first-order valence-electron chi connectivity index (χ1n) is 5.89. The molecule has 0 spiro atoms. The Kier molecular flexibility index (Phi) is 3.62. The normalized spacial score (nSPS) is 10.6. The molecule has 0 saturated heterocycles. The maximum Gasteiger partial charge on any atom is 0.128 e. The van der Waals surface area contributed by atoms with Gasteiger partial charge in [0.25, 0.3) is 0 Å². The fourth-order valence-electron chi connectivity index (χ4n) is 2.12. The van der Waals surface area contributed by atoms with Crippen LogP contribution in [0.3, 0.4) is 0 Å². The Morgan fingerprint density at radius 1 is 1.16 bits per heavy atom. The van der Waals surface area contributed by atoms with Gasteiger partial charge in [0.15, 0.2) is 0 Å². The van der Waals surface area contributed by atoms with Gasteiger partial charge in [0.2, 0.25) is 0 Å². The smallest absolute Gasteiger partial charge is 0.128 e. The van der Waals surface area contributed by atoms with E-state index in [1.54, 1.807) is 20.1 Å². The number of nitrogens with two attached hydrogens (primary N) is 1. The van der Waals surface area contributed by atoms with E-state index >= 15 is 0 Å². The summed E-state index contributed by atoms with van der Waals surface area (Å²) in [5.41, 5.74) is 9.26. The van der Waals surface area contributed by atoms with Crippen molar-refractivity contribution in [2.75, 3.05) is 12.8 Å². The molecule has 0 aliphatic rings. The number of aromatic nitrogens is 2. The Hall–Kier alpha value is -1.81. The molecule has 4 nitrogen and oxygen atoms in total. The number of ether oxygens (including phenoxy) is 1. The average molecular weight is 278 g/mol. The molecule has 0 saturated carbocycles. The molecule has 100 valence electrons. The third-order valence-electron chi connectivity index (χ3n) is 2.98. The molecule has 0 atom stereocenters. The molecule has 2 N–H and O–H groups in total. The second kappa shape index (κ2) is 5.05. The standard InChI is InChI=1S/C14H16ClN3O/c1-7-5-11(19-4)13(8(2)14(7)15)10-6-12(16)18-9(3)17-10/h5-6H,1-4H3,(H2,16,17,18). The quantitative estimate of drug-likeness (QED) is 0.915. The monoisotopic (exact) mass is 277 g/mol. The van der Waals surface area contributed by atoms with Crippen LogP contribution >= 0.6 is 11.6 Å². The van der Waals surface area contributed by atoms with Crippen LogP contribution in [0, 0.1) is 20.8 Å². The third-order valence-corrected chi connectivity index (χ3v) is 3.56. The van der Waals surface area contributed by atoms with E-state index < -0.39 is 0 Å². The summed E-state index contributed by atoms with van der Waals surface area (Å²) in [4.78, 5) is 8.49. The van der Waals surface area contributed by atoms with Gasteiger partial charge in [-0.25, -0.2) is 9.97 Å². The molecule has 19 heavy (non-hydrogen) atoms. The zero-order valence-electron chi connectivity index (χ0n) is 11.4. The fourth-order valence-corrected chi connectivity index (χ4v) is 2.27. The highest BCUT2D eigenvalue weighted by molar-refractivity contribution is 6.32. The molecule has 0 radical (unpaired) electrons. The minimum Gasteiger partial charge on any atom is -0.496 e.